The summed E-state index contributed by atoms with van der Waals surface area (Å²) in [5, 5.41) is 2.65. The van der Waals surface area contributed by atoms with Crippen LogP contribution in [-0.2, 0) is 25.0 Å². The van der Waals surface area contributed by atoms with Crippen LogP contribution >= 0.6 is 0 Å². The number of rotatable bonds is 4. The van der Waals surface area contributed by atoms with E-state index in [0.29, 0.717) is 36.7 Å². The van der Waals surface area contributed by atoms with Crippen molar-refractivity contribution in [1.29, 1.82) is 0 Å². The fraction of sp³-hybridized carbons (Fsp3) is 0.526. The number of ether oxygens (including phenoxy) is 2. The summed E-state index contributed by atoms with van der Waals surface area (Å²) in [4.78, 5) is 40.4. The Labute approximate surface area is 174 Å². The minimum atomic E-state index is -3.16. The predicted molar refractivity (Wildman–Crippen MR) is 105 cm³/mol. The average Bonchev–Trinajstić information content (AvgIpc) is 3.19. The third-order valence-electron chi connectivity index (χ3n) is 5.84. The highest BCUT2D eigenvalue weighted by Crippen LogP contribution is 2.36. The molecule has 3 aliphatic heterocycles. The molecule has 2 fully saturated rings. The van der Waals surface area contributed by atoms with Gasteiger partial charge in [0.05, 0.1) is 11.5 Å². The van der Waals surface area contributed by atoms with E-state index < -0.39 is 45.8 Å². The predicted octanol–water partition coefficient (Wildman–Crippen LogP) is -0.130. The molecule has 1 N–H and O–H groups in total. The van der Waals surface area contributed by atoms with E-state index in [2.05, 4.69) is 5.32 Å². The Kier molecular flexibility index (Phi) is 4.88. The molecule has 0 unspecified atom stereocenters. The highest BCUT2D eigenvalue weighted by molar-refractivity contribution is 7.91. The molecule has 0 aliphatic carbocycles. The van der Waals surface area contributed by atoms with E-state index in [-0.39, 0.29) is 11.5 Å². The van der Waals surface area contributed by atoms with Gasteiger partial charge in [0.25, 0.3) is 5.91 Å². The lowest BCUT2D eigenvalue weighted by atomic mass is 9.91. The fourth-order valence-corrected chi connectivity index (χ4v) is 5.70. The van der Waals surface area contributed by atoms with Gasteiger partial charge in [0, 0.05) is 13.1 Å². The molecular formula is C19H23N3O7S. The summed E-state index contributed by atoms with van der Waals surface area (Å²) in [5.74, 6) is -0.0912. The number of nitrogens with zero attached hydrogens (tertiary/aromatic N) is 2. The van der Waals surface area contributed by atoms with Crippen molar-refractivity contribution >= 4 is 27.7 Å². The Morgan fingerprint density at radius 3 is 2.63 bits per heavy atom. The summed E-state index contributed by atoms with van der Waals surface area (Å²) in [7, 11) is -1.67. The van der Waals surface area contributed by atoms with Crippen LogP contribution in [0.1, 0.15) is 18.9 Å². The molecule has 10 nitrogen and oxygen atoms in total. The number of benzene rings is 1. The van der Waals surface area contributed by atoms with Crippen molar-refractivity contribution < 1.29 is 32.3 Å². The molecule has 4 rings (SSSR count). The molecule has 11 heteroatoms. The van der Waals surface area contributed by atoms with Crippen molar-refractivity contribution in [2.75, 3.05) is 38.3 Å². The van der Waals surface area contributed by atoms with Crippen molar-refractivity contribution in [2.24, 2.45) is 0 Å². The number of hydrogen-bond acceptors (Lipinski definition) is 7. The zero-order valence-electron chi connectivity index (χ0n) is 16.7. The van der Waals surface area contributed by atoms with Crippen LogP contribution in [0.15, 0.2) is 18.2 Å². The van der Waals surface area contributed by atoms with Crippen LogP contribution in [-0.4, -0.2) is 80.4 Å². The van der Waals surface area contributed by atoms with E-state index in [1.54, 1.807) is 25.1 Å². The van der Waals surface area contributed by atoms with Gasteiger partial charge in [-0.15, -0.1) is 0 Å². The molecular weight excluding hydrogens is 414 g/mol. The van der Waals surface area contributed by atoms with Crippen molar-refractivity contribution in [3.05, 3.63) is 23.8 Å². The van der Waals surface area contributed by atoms with E-state index >= 15 is 0 Å². The van der Waals surface area contributed by atoms with E-state index in [9.17, 15) is 22.8 Å². The molecule has 3 aliphatic rings. The van der Waals surface area contributed by atoms with E-state index in [4.69, 9.17) is 9.47 Å². The molecule has 4 amide bonds. The van der Waals surface area contributed by atoms with Crippen molar-refractivity contribution in [1.82, 2.24) is 15.1 Å². The lowest BCUT2D eigenvalue weighted by Gasteiger charge is -2.26. The van der Waals surface area contributed by atoms with E-state index in [1.807, 2.05) is 0 Å². The Balaban J connectivity index is 1.50. The number of amides is 4. The second-order valence-electron chi connectivity index (χ2n) is 7.87. The first-order valence-electron chi connectivity index (χ1n) is 9.61. The Hall–Kier alpha value is -2.82. The number of nitrogens with one attached hydrogen (secondary N) is 1. The molecule has 0 saturated carbocycles. The van der Waals surface area contributed by atoms with Gasteiger partial charge in [-0.05, 0) is 31.0 Å². The van der Waals surface area contributed by atoms with Crippen molar-refractivity contribution in [2.45, 2.75) is 24.9 Å². The second kappa shape index (κ2) is 7.15. The molecule has 2 atom stereocenters. The SMILES string of the molecule is CN(C(=O)CN1C(=O)N[C@](C)(c2ccc3c(c2)OCCO3)C1=O)[C@H]1CCS(=O)(=O)C1. The summed E-state index contributed by atoms with van der Waals surface area (Å²) >= 11 is 0. The van der Waals surface area contributed by atoms with Gasteiger partial charge in [-0.25, -0.2) is 13.2 Å². The number of carbonyl (C=O) groups excluding carboxylic acids is 3. The van der Waals surface area contributed by atoms with Crippen molar-refractivity contribution in [3.63, 3.8) is 0 Å². The van der Waals surface area contributed by atoms with Crippen LogP contribution in [0, 0.1) is 0 Å². The lowest BCUT2D eigenvalue weighted by molar-refractivity contribution is -0.139. The monoisotopic (exact) mass is 437 g/mol. The molecule has 0 radical (unpaired) electrons. The van der Waals surface area contributed by atoms with Gasteiger partial charge >= 0.3 is 6.03 Å². The quantitative estimate of drug-likeness (QED) is 0.651. The van der Waals surface area contributed by atoms with Gasteiger partial charge < -0.3 is 19.7 Å². The number of fused-ring (bicyclic) bond motifs is 1. The van der Waals surface area contributed by atoms with E-state index in [1.165, 1.54) is 11.9 Å². The molecule has 0 bridgehead atoms. The first-order chi connectivity index (χ1) is 14.1. The summed E-state index contributed by atoms with van der Waals surface area (Å²) in [5.41, 5.74) is -0.849. The van der Waals surface area contributed by atoms with Gasteiger partial charge in [-0.3, -0.25) is 14.5 Å². The number of urea groups is 1. The molecule has 0 aromatic heterocycles. The summed E-state index contributed by atoms with van der Waals surface area (Å²) in [6.07, 6.45) is 0.347. The topological polar surface area (TPSA) is 122 Å². The molecule has 162 valence electrons. The lowest BCUT2D eigenvalue weighted by Crippen LogP contribution is -2.46. The maximum absolute atomic E-state index is 13.1. The van der Waals surface area contributed by atoms with Crippen LogP contribution in [0.4, 0.5) is 4.79 Å². The second-order valence-corrected chi connectivity index (χ2v) is 10.1. The molecule has 30 heavy (non-hydrogen) atoms. The normalized spacial score (nSPS) is 27.1. The molecule has 2 saturated heterocycles. The molecule has 1 aromatic carbocycles. The van der Waals surface area contributed by atoms with Crippen LogP contribution in [0.3, 0.4) is 0 Å². The third-order valence-corrected chi connectivity index (χ3v) is 7.59. The Bertz CT molecular complexity index is 1020. The highest BCUT2D eigenvalue weighted by Gasteiger charge is 2.50. The van der Waals surface area contributed by atoms with Crippen LogP contribution in [0.5, 0.6) is 11.5 Å². The summed E-state index contributed by atoms with van der Waals surface area (Å²) in [6, 6.07) is 3.86. The van der Waals surface area contributed by atoms with Gasteiger partial charge in [0.2, 0.25) is 5.91 Å². The van der Waals surface area contributed by atoms with Gasteiger partial charge in [-0.2, -0.15) is 0 Å². The van der Waals surface area contributed by atoms with Crippen molar-refractivity contribution in [3.8, 4) is 11.5 Å². The summed E-state index contributed by atoms with van der Waals surface area (Å²) < 4.78 is 34.4. The first-order valence-corrected chi connectivity index (χ1v) is 11.4. The Morgan fingerprint density at radius 1 is 1.27 bits per heavy atom. The maximum Gasteiger partial charge on any atom is 0.325 e. The molecule has 0 spiro atoms. The highest BCUT2D eigenvalue weighted by atomic mass is 32.2. The van der Waals surface area contributed by atoms with Gasteiger partial charge in [-0.1, -0.05) is 6.07 Å². The number of sulfone groups is 1. The minimum Gasteiger partial charge on any atom is -0.486 e. The van der Waals surface area contributed by atoms with Crippen LogP contribution in [0.25, 0.3) is 0 Å². The first kappa shape index (κ1) is 20.5. The number of imide groups is 1. The van der Waals surface area contributed by atoms with Gasteiger partial charge in [0.1, 0.15) is 25.3 Å². The zero-order chi connectivity index (χ0) is 21.7. The standard InChI is InChI=1S/C19H23N3O7S/c1-19(12-3-4-14-15(9-12)29-7-6-28-14)17(24)22(18(25)20-19)10-16(23)21(2)13-5-8-30(26,27)11-13/h3-4,9,13H,5-8,10-11H2,1-2H3,(H,20,25)/t13-,19+/m0/s1. The van der Waals surface area contributed by atoms with E-state index in [0.717, 1.165) is 4.90 Å². The smallest absolute Gasteiger partial charge is 0.325 e. The maximum atomic E-state index is 13.1. The van der Waals surface area contributed by atoms with Crippen LogP contribution < -0.4 is 14.8 Å². The largest absolute Gasteiger partial charge is 0.486 e. The molecule has 1 aromatic rings. The Morgan fingerprint density at radius 2 is 1.97 bits per heavy atom. The van der Waals surface area contributed by atoms with Crippen LogP contribution in [0.2, 0.25) is 0 Å². The number of carbonyl (C=O) groups is 3. The third kappa shape index (κ3) is 3.47. The molecule has 3 heterocycles. The average molecular weight is 437 g/mol. The zero-order valence-corrected chi connectivity index (χ0v) is 17.5. The summed E-state index contributed by atoms with van der Waals surface area (Å²) in [6.45, 7) is 1.93. The van der Waals surface area contributed by atoms with Gasteiger partial charge in [0.15, 0.2) is 21.3 Å². The number of hydrogen-bond donors (Lipinski definition) is 1. The minimum absolute atomic E-state index is 0.0284. The fourth-order valence-electron chi connectivity index (χ4n) is 3.92. The number of likely N-dealkylation sites (N-methyl/N-ethyl adjacent to an activating group) is 1.